The van der Waals surface area contributed by atoms with Gasteiger partial charge in [-0.05, 0) is 88.4 Å². The third-order valence-corrected chi connectivity index (χ3v) is 13.5. The molecule has 4 aliphatic carbocycles. The highest BCUT2D eigenvalue weighted by atomic mass is 16.5. The molecule has 0 bridgehead atoms. The normalized spacial score (nSPS) is 36.6. The molecule has 4 aliphatic rings. The van der Waals surface area contributed by atoms with Crippen LogP contribution in [0.1, 0.15) is 126 Å². The zero-order valence-corrected chi connectivity index (χ0v) is 28.8. The number of carboxylic acids is 2. The molecule has 0 heterocycles. The number of rotatable bonds is 11. The molecule has 8 heteroatoms. The molecule has 0 unspecified atom stereocenters. The van der Waals surface area contributed by atoms with E-state index in [9.17, 15) is 29.4 Å². The molecule has 2 saturated carbocycles. The molecule has 0 aromatic rings. The van der Waals surface area contributed by atoms with Crippen molar-refractivity contribution < 1.29 is 39.2 Å². The van der Waals surface area contributed by atoms with Crippen LogP contribution in [-0.4, -0.2) is 50.7 Å². The summed E-state index contributed by atoms with van der Waals surface area (Å²) in [6.07, 6.45) is 5.92. The average Bonchev–Trinajstić information content (AvgIpc) is 3.20. The lowest BCUT2D eigenvalue weighted by atomic mass is 9.43. The number of allylic oxidation sites excluding steroid dienone is 2. The molecule has 0 spiro atoms. The maximum absolute atomic E-state index is 14.4. The Hall–Kier alpha value is -2.48. The van der Waals surface area contributed by atoms with Crippen LogP contribution in [-0.2, 0) is 23.9 Å². The highest BCUT2D eigenvalue weighted by Crippen LogP contribution is 2.71. The zero-order chi connectivity index (χ0) is 33.9. The third-order valence-electron chi connectivity index (χ3n) is 13.5. The summed E-state index contributed by atoms with van der Waals surface area (Å²) < 4.78 is 5.97. The molecule has 0 aromatic heterocycles. The van der Waals surface area contributed by atoms with E-state index in [4.69, 9.17) is 9.84 Å². The Morgan fingerprint density at radius 2 is 1.64 bits per heavy atom. The molecule has 0 saturated heterocycles. The molecule has 2 fully saturated rings. The molecular formula is C37H56O8. The molecule has 8 nitrogen and oxygen atoms in total. The number of fused-ring (bicyclic) bond motifs is 4. The van der Waals surface area contributed by atoms with Crippen molar-refractivity contribution in [1.29, 1.82) is 0 Å². The van der Waals surface area contributed by atoms with Crippen molar-refractivity contribution in [3.8, 4) is 0 Å². The summed E-state index contributed by atoms with van der Waals surface area (Å²) in [6, 6.07) is 0. The van der Waals surface area contributed by atoms with Crippen molar-refractivity contribution in [2.24, 2.45) is 45.3 Å². The van der Waals surface area contributed by atoms with E-state index in [-0.39, 0.29) is 46.5 Å². The average molecular weight is 629 g/mol. The van der Waals surface area contributed by atoms with E-state index in [2.05, 4.69) is 48.1 Å². The van der Waals surface area contributed by atoms with Gasteiger partial charge in [0.15, 0.2) is 0 Å². The Morgan fingerprint density at radius 3 is 2.24 bits per heavy atom. The molecule has 0 amide bonds. The number of hydrogen-bond acceptors (Lipinski definition) is 6. The number of carbonyl (C=O) groups is 4. The number of ketones is 1. The summed E-state index contributed by atoms with van der Waals surface area (Å²) in [5, 5.41) is 28.9. The van der Waals surface area contributed by atoms with E-state index in [0.29, 0.717) is 25.0 Å². The minimum atomic E-state index is -1.67. The van der Waals surface area contributed by atoms with Gasteiger partial charge in [-0.15, -0.1) is 0 Å². The predicted molar refractivity (Wildman–Crippen MR) is 171 cm³/mol. The monoisotopic (exact) mass is 628 g/mol. The van der Waals surface area contributed by atoms with Gasteiger partial charge in [0, 0.05) is 22.7 Å². The lowest BCUT2D eigenvalue weighted by Gasteiger charge is -2.61. The largest absolute Gasteiger partial charge is 0.481 e. The van der Waals surface area contributed by atoms with Crippen molar-refractivity contribution in [3.63, 3.8) is 0 Å². The minimum absolute atomic E-state index is 0.191. The fourth-order valence-corrected chi connectivity index (χ4v) is 10.5. The number of carboxylic acid groups (broad SMARTS) is 2. The van der Waals surface area contributed by atoms with Crippen LogP contribution in [0.25, 0.3) is 0 Å². The second kappa shape index (κ2) is 12.0. The van der Waals surface area contributed by atoms with Crippen molar-refractivity contribution in [2.75, 3.05) is 0 Å². The van der Waals surface area contributed by atoms with E-state index < -0.39 is 41.3 Å². The standard InChI is InChI=1S/C37H56O8/c1-21(23(3)32(42)43)10-11-22(2)24-14-17-36(8)25-12-13-27-33(4,5)29(45-31(41)20-34(6,44)19-30(39)40)15-16-35(27,7)26(25)18-28(38)37(24,36)9/h22-24,27,29,44H,1,10-20H2,2-9H3,(H,39,40)(H,42,43)/t22-,23+,24-,27+,29-,34+,35-,36+,37+/m1/s1. The SMILES string of the molecule is C=C(CC[C@@H](C)[C@H]1CC[C@@]2(C)C3=C(CC(=O)[C@]12C)[C@@]1(C)CC[C@@H](OC(=O)C[C@@](C)(O)CC(=O)O)C(C)(C)[C@@H]1CC3)[C@H](C)C(=O)O. The number of ether oxygens (including phenoxy) is 1. The molecular weight excluding hydrogens is 572 g/mol. The molecule has 45 heavy (non-hydrogen) atoms. The van der Waals surface area contributed by atoms with Gasteiger partial charge in [0.2, 0.25) is 0 Å². The first kappa shape index (κ1) is 35.4. The van der Waals surface area contributed by atoms with E-state index in [1.807, 2.05) is 0 Å². The van der Waals surface area contributed by atoms with Crippen molar-refractivity contribution in [3.05, 3.63) is 23.3 Å². The van der Waals surface area contributed by atoms with Crippen LogP contribution in [0.5, 0.6) is 0 Å². The predicted octanol–water partition coefficient (Wildman–Crippen LogP) is 7.14. The van der Waals surface area contributed by atoms with Crippen LogP contribution in [0.15, 0.2) is 23.3 Å². The molecule has 9 atom stereocenters. The van der Waals surface area contributed by atoms with Crippen LogP contribution in [0.4, 0.5) is 0 Å². The van der Waals surface area contributed by atoms with E-state index in [1.165, 1.54) is 18.1 Å². The summed E-state index contributed by atoms with van der Waals surface area (Å²) in [5.41, 5.74) is 0.590. The molecule has 0 radical (unpaired) electrons. The van der Waals surface area contributed by atoms with Crippen LogP contribution in [0.3, 0.4) is 0 Å². The number of Topliss-reactive ketones (excluding diaryl/α,β-unsaturated/α-hetero) is 1. The summed E-state index contributed by atoms with van der Waals surface area (Å²) in [7, 11) is 0. The smallest absolute Gasteiger partial charge is 0.310 e. The van der Waals surface area contributed by atoms with Gasteiger partial charge in [0.25, 0.3) is 0 Å². The fourth-order valence-electron chi connectivity index (χ4n) is 10.5. The third kappa shape index (κ3) is 5.94. The van der Waals surface area contributed by atoms with Gasteiger partial charge in [-0.1, -0.05) is 64.8 Å². The van der Waals surface area contributed by atoms with Gasteiger partial charge in [-0.25, -0.2) is 0 Å². The Kier molecular flexibility index (Phi) is 9.40. The summed E-state index contributed by atoms with van der Waals surface area (Å²) in [5.74, 6) is -2.14. The number of carbonyl (C=O) groups excluding carboxylic acids is 2. The quantitative estimate of drug-likeness (QED) is 0.162. The van der Waals surface area contributed by atoms with Crippen molar-refractivity contribution in [1.82, 2.24) is 0 Å². The lowest BCUT2D eigenvalue weighted by molar-refractivity contribution is -0.174. The molecule has 4 rings (SSSR count). The molecule has 3 N–H and O–H groups in total. The first-order chi connectivity index (χ1) is 20.6. The Balaban J connectivity index is 1.55. The van der Waals surface area contributed by atoms with E-state index in [0.717, 1.165) is 44.1 Å². The topological polar surface area (TPSA) is 138 Å². The van der Waals surface area contributed by atoms with Gasteiger partial charge in [-0.3, -0.25) is 19.2 Å². The Labute approximate surface area is 269 Å². The second-order valence-electron chi connectivity index (χ2n) is 16.6. The van der Waals surface area contributed by atoms with Gasteiger partial charge in [0.1, 0.15) is 11.9 Å². The highest BCUT2D eigenvalue weighted by Gasteiger charge is 2.66. The summed E-state index contributed by atoms with van der Waals surface area (Å²) >= 11 is 0. The van der Waals surface area contributed by atoms with Crippen molar-refractivity contribution in [2.45, 2.75) is 138 Å². The number of hydrogen-bond donors (Lipinski definition) is 3. The first-order valence-corrected chi connectivity index (χ1v) is 16.9. The number of aliphatic hydroxyl groups is 1. The molecule has 252 valence electrons. The van der Waals surface area contributed by atoms with E-state index >= 15 is 0 Å². The fraction of sp³-hybridized carbons (Fsp3) is 0.784. The lowest BCUT2D eigenvalue weighted by Crippen LogP contribution is -2.57. The van der Waals surface area contributed by atoms with Gasteiger partial charge >= 0.3 is 17.9 Å². The first-order valence-electron chi connectivity index (χ1n) is 16.9. The summed E-state index contributed by atoms with van der Waals surface area (Å²) in [4.78, 5) is 49.9. The summed E-state index contributed by atoms with van der Waals surface area (Å²) in [6.45, 7) is 20.4. The van der Waals surface area contributed by atoms with Crippen LogP contribution in [0.2, 0.25) is 0 Å². The van der Waals surface area contributed by atoms with Gasteiger partial charge in [0.05, 0.1) is 24.4 Å². The zero-order valence-electron chi connectivity index (χ0n) is 28.8. The van der Waals surface area contributed by atoms with Gasteiger partial charge in [-0.2, -0.15) is 0 Å². The number of esters is 1. The Morgan fingerprint density at radius 1 is 1.00 bits per heavy atom. The second-order valence-corrected chi connectivity index (χ2v) is 16.6. The highest BCUT2D eigenvalue weighted by molar-refractivity contribution is 5.91. The maximum atomic E-state index is 14.4. The number of aliphatic carboxylic acids is 2. The van der Waals surface area contributed by atoms with E-state index in [1.54, 1.807) is 6.92 Å². The molecule has 0 aromatic carbocycles. The van der Waals surface area contributed by atoms with Crippen LogP contribution in [0, 0.1) is 45.3 Å². The van der Waals surface area contributed by atoms with Crippen LogP contribution < -0.4 is 0 Å². The molecule has 0 aliphatic heterocycles. The maximum Gasteiger partial charge on any atom is 0.310 e. The van der Waals surface area contributed by atoms with Gasteiger partial charge < -0.3 is 20.1 Å². The van der Waals surface area contributed by atoms with Crippen molar-refractivity contribution >= 4 is 23.7 Å². The Bertz CT molecular complexity index is 1290. The minimum Gasteiger partial charge on any atom is -0.481 e. The van der Waals surface area contributed by atoms with Crippen LogP contribution >= 0.6 is 0 Å².